The van der Waals surface area contributed by atoms with Crippen molar-refractivity contribution in [1.82, 2.24) is 10.2 Å². The van der Waals surface area contributed by atoms with Crippen molar-refractivity contribution in [3.05, 3.63) is 35.4 Å². The van der Waals surface area contributed by atoms with Crippen LogP contribution in [0.1, 0.15) is 43.9 Å². The number of aryl methyl sites for hydroxylation is 1. The van der Waals surface area contributed by atoms with Gasteiger partial charge in [0.25, 0.3) is 0 Å². The summed E-state index contributed by atoms with van der Waals surface area (Å²) in [4.78, 5) is 25.6. The van der Waals surface area contributed by atoms with Crippen molar-refractivity contribution >= 4 is 11.8 Å². The number of nitrogens with two attached hydrogens (primary N) is 1. The fourth-order valence-electron chi connectivity index (χ4n) is 3.27. The minimum atomic E-state index is -0.255. The first-order valence-electron chi connectivity index (χ1n) is 8.29. The van der Waals surface area contributed by atoms with Gasteiger partial charge < -0.3 is 10.6 Å². The summed E-state index contributed by atoms with van der Waals surface area (Å²) in [6.07, 6.45) is 1.34. The second-order valence-electron chi connectivity index (χ2n) is 6.47. The van der Waals surface area contributed by atoms with Crippen molar-refractivity contribution in [3.63, 3.8) is 0 Å². The number of carbonyl (C=O) groups is 2. The molecule has 2 rings (SSSR count). The van der Waals surface area contributed by atoms with E-state index in [4.69, 9.17) is 5.73 Å². The van der Waals surface area contributed by atoms with E-state index < -0.39 is 0 Å². The lowest BCUT2D eigenvalue weighted by atomic mass is 9.96. The van der Waals surface area contributed by atoms with Crippen LogP contribution in [0.5, 0.6) is 0 Å². The topological polar surface area (TPSA) is 75.4 Å². The van der Waals surface area contributed by atoms with E-state index >= 15 is 0 Å². The van der Waals surface area contributed by atoms with E-state index in [1.807, 2.05) is 24.0 Å². The highest BCUT2D eigenvalue weighted by Gasteiger charge is 2.28. The Bertz CT molecular complexity index is 565. The first-order chi connectivity index (χ1) is 10.9. The molecular weight excluding hydrogens is 290 g/mol. The first kappa shape index (κ1) is 17.5. The molecule has 23 heavy (non-hydrogen) atoms. The molecule has 0 bridgehead atoms. The molecule has 1 saturated heterocycles. The second kappa shape index (κ2) is 7.59. The monoisotopic (exact) mass is 317 g/mol. The Labute approximate surface area is 138 Å². The second-order valence-corrected chi connectivity index (χ2v) is 6.47. The molecule has 5 nitrogen and oxygen atoms in total. The van der Waals surface area contributed by atoms with E-state index in [0.717, 1.165) is 0 Å². The number of amides is 2. The predicted octanol–water partition coefficient (Wildman–Crippen LogP) is 1.76. The molecule has 0 aromatic heterocycles. The van der Waals surface area contributed by atoms with Gasteiger partial charge in [0.1, 0.15) is 0 Å². The van der Waals surface area contributed by atoms with E-state index in [0.29, 0.717) is 25.9 Å². The third kappa shape index (κ3) is 4.32. The maximum Gasteiger partial charge on any atom is 0.239 e. The van der Waals surface area contributed by atoms with Crippen molar-refractivity contribution in [2.75, 3.05) is 13.1 Å². The highest BCUT2D eigenvalue weighted by molar-refractivity contribution is 5.82. The molecule has 3 N–H and O–H groups in total. The summed E-state index contributed by atoms with van der Waals surface area (Å²) in [5.74, 6) is -0.252. The standard InChI is InChI=1S/C18H27N3O2/c1-12-6-4-5-7-16(12)13(2)20-14(3)18(23)21-10-8-15(9-11-21)17(19)22/h4-7,13-15,20H,8-11H2,1-3H3,(H2,19,22)/t13-,14-/m0/s1. The zero-order valence-electron chi connectivity index (χ0n) is 14.2. The largest absolute Gasteiger partial charge is 0.369 e. The lowest BCUT2D eigenvalue weighted by molar-refractivity contribution is -0.136. The Balaban J connectivity index is 1.90. The van der Waals surface area contributed by atoms with Crippen molar-refractivity contribution in [2.45, 2.75) is 45.7 Å². The molecule has 1 aromatic carbocycles. The Hall–Kier alpha value is -1.88. The molecule has 2 atom stereocenters. The van der Waals surface area contributed by atoms with Gasteiger partial charge in [-0.15, -0.1) is 0 Å². The van der Waals surface area contributed by atoms with Crippen LogP contribution in [0.25, 0.3) is 0 Å². The van der Waals surface area contributed by atoms with Gasteiger partial charge in [-0.25, -0.2) is 0 Å². The maximum absolute atomic E-state index is 12.6. The van der Waals surface area contributed by atoms with Crippen LogP contribution in [0.2, 0.25) is 0 Å². The van der Waals surface area contributed by atoms with E-state index in [-0.39, 0.29) is 29.8 Å². The number of rotatable bonds is 5. The number of benzene rings is 1. The molecular formula is C18H27N3O2. The van der Waals surface area contributed by atoms with Crippen LogP contribution in [0.15, 0.2) is 24.3 Å². The lowest BCUT2D eigenvalue weighted by Crippen LogP contribution is -2.49. The highest BCUT2D eigenvalue weighted by Crippen LogP contribution is 2.20. The number of nitrogens with one attached hydrogen (secondary N) is 1. The third-order valence-corrected chi connectivity index (χ3v) is 4.73. The Morgan fingerprint density at radius 3 is 2.39 bits per heavy atom. The zero-order chi connectivity index (χ0) is 17.0. The van der Waals surface area contributed by atoms with E-state index in [1.54, 1.807) is 0 Å². The summed E-state index contributed by atoms with van der Waals surface area (Å²) in [6.45, 7) is 7.27. The minimum absolute atomic E-state index is 0.0896. The molecule has 0 saturated carbocycles. The number of hydrogen-bond acceptors (Lipinski definition) is 3. The van der Waals surface area contributed by atoms with Gasteiger partial charge in [-0.05, 0) is 44.7 Å². The van der Waals surface area contributed by atoms with Crippen molar-refractivity contribution in [1.29, 1.82) is 0 Å². The third-order valence-electron chi connectivity index (χ3n) is 4.73. The molecule has 1 aromatic rings. The predicted molar refractivity (Wildman–Crippen MR) is 90.7 cm³/mol. The SMILES string of the molecule is Cc1ccccc1[C@H](C)N[C@@H](C)C(=O)N1CCC(C(N)=O)CC1. The fraction of sp³-hybridized carbons (Fsp3) is 0.556. The number of carbonyl (C=O) groups excluding carboxylic acids is 2. The summed E-state index contributed by atoms with van der Waals surface area (Å²) < 4.78 is 0. The Kier molecular flexibility index (Phi) is 5.77. The van der Waals surface area contributed by atoms with Gasteiger partial charge >= 0.3 is 0 Å². The van der Waals surface area contributed by atoms with Gasteiger partial charge in [-0.2, -0.15) is 0 Å². The molecule has 5 heteroatoms. The van der Waals surface area contributed by atoms with Crippen molar-refractivity contribution in [2.24, 2.45) is 11.7 Å². The summed E-state index contributed by atoms with van der Waals surface area (Å²) >= 11 is 0. The number of hydrogen-bond donors (Lipinski definition) is 2. The minimum Gasteiger partial charge on any atom is -0.369 e. The maximum atomic E-state index is 12.6. The van der Waals surface area contributed by atoms with Gasteiger partial charge in [-0.3, -0.25) is 14.9 Å². The van der Waals surface area contributed by atoms with Gasteiger partial charge in [0.15, 0.2) is 0 Å². The number of likely N-dealkylation sites (tertiary alicyclic amines) is 1. The number of primary amides is 1. The molecule has 0 radical (unpaired) electrons. The molecule has 1 fully saturated rings. The van der Waals surface area contributed by atoms with E-state index in [9.17, 15) is 9.59 Å². The Morgan fingerprint density at radius 2 is 1.83 bits per heavy atom. The first-order valence-corrected chi connectivity index (χ1v) is 8.29. The summed E-state index contributed by atoms with van der Waals surface area (Å²) in [6, 6.07) is 8.05. The van der Waals surface area contributed by atoms with Crippen molar-refractivity contribution in [3.8, 4) is 0 Å². The van der Waals surface area contributed by atoms with Crippen LogP contribution in [-0.4, -0.2) is 35.8 Å². The average molecular weight is 317 g/mol. The fourth-order valence-corrected chi connectivity index (χ4v) is 3.27. The molecule has 0 aliphatic carbocycles. The van der Waals surface area contributed by atoms with Gasteiger partial charge in [-0.1, -0.05) is 24.3 Å². The van der Waals surface area contributed by atoms with Crippen LogP contribution in [0.4, 0.5) is 0 Å². The number of piperidine rings is 1. The smallest absolute Gasteiger partial charge is 0.239 e. The molecule has 1 heterocycles. The van der Waals surface area contributed by atoms with Crippen LogP contribution < -0.4 is 11.1 Å². The van der Waals surface area contributed by atoms with E-state index in [1.165, 1.54) is 11.1 Å². The summed E-state index contributed by atoms with van der Waals surface area (Å²) in [7, 11) is 0. The van der Waals surface area contributed by atoms with E-state index in [2.05, 4.69) is 31.3 Å². The van der Waals surface area contributed by atoms with Crippen LogP contribution >= 0.6 is 0 Å². The molecule has 126 valence electrons. The lowest BCUT2D eigenvalue weighted by Gasteiger charge is -2.33. The Morgan fingerprint density at radius 1 is 1.22 bits per heavy atom. The van der Waals surface area contributed by atoms with Crippen LogP contribution in [0, 0.1) is 12.8 Å². The summed E-state index contributed by atoms with van der Waals surface area (Å²) in [5.41, 5.74) is 7.76. The van der Waals surface area contributed by atoms with Crippen LogP contribution in [0.3, 0.4) is 0 Å². The van der Waals surface area contributed by atoms with Crippen LogP contribution in [-0.2, 0) is 9.59 Å². The average Bonchev–Trinajstić information content (AvgIpc) is 2.54. The molecule has 2 amide bonds. The molecule has 1 aliphatic rings. The van der Waals surface area contributed by atoms with Crippen molar-refractivity contribution < 1.29 is 9.59 Å². The van der Waals surface area contributed by atoms with Gasteiger partial charge in [0, 0.05) is 25.0 Å². The summed E-state index contributed by atoms with van der Waals surface area (Å²) in [5, 5.41) is 3.39. The molecule has 0 unspecified atom stereocenters. The van der Waals surface area contributed by atoms with Gasteiger partial charge in [0.2, 0.25) is 11.8 Å². The molecule has 1 aliphatic heterocycles. The zero-order valence-corrected chi connectivity index (χ0v) is 14.2. The highest BCUT2D eigenvalue weighted by atomic mass is 16.2. The normalized spacial score (nSPS) is 18.5. The number of nitrogens with zero attached hydrogens (tertiary/aromatic N) is 1. The quantitative estimate of drug-likeness (QED) is 0.869. The molecule has 0 spiro atoms. The van der Waals surface area contributed by atoms with Gasteiger partial charge in [0.05, 0.1) is 6.04 Å².